The first-order valence-electron chi connectivity index (χ1n) is 6.41. The predicted molar refractivity (Wildman–Crippen MR) is 79.3 cm³/mol. The average molecular weight is 270 g/mol. The van der Waals surface area contributed by atoms with Crippen LogP contribution in [-0.2, 0) is 6.54 Å². The number of pyridine rings is 1. The van der Waals surface area contributed by atoms with E-state index in [9.17, 15) is 4.79 Å². The number of carbonyl (C=O) groups is 1. The number of methoxy groups -OCH3 is 1. The number of nitrogens with zero attached hydrogens (tertiary/aromatic N) is 2. The zero-order valence-corrected chi connectivity index (χ0v) is 12.0. The Morgan fingerprint density at radius 2 is 2.10 bits per heavy atom. The van der Waals surface area contributed by atoms with Crippen LogP contribution in [0.3, 0.4) is 0 Å². The monoisotopic (exact) mass is 270 g/mol. The third kappa shape index (κ3) is 3.35. The number of Topliss-reactive ketones (excluding diaryl/α,β-unsaturated/α-hetero) is 1. The Morgan fingerprint density at radius 3 is 2.70 bits per heavy atom. The predicted octanol–water partition coefficient (Wildman–Crippen LogP) is 2.93. The standard InChI is InChI=1S/C16H18N2O2/c1-12(19)16-8-7-14(10-17-16)18(2)11-13-5-4-6-15(9-13)20-3/h4-10H,11H2,1-3H3. The van der Waals surface area contributed by atoms with Gasteiger partial charge in [0.25, 0.3) is 0 Å². The van der Waals surface area contributed by atoms with E-state index in [0.717, 1.165) is 23.5 Å². The number of rotatable bonds is 5. The summed E-state index contributed by atoms with van der Waals surface area (Å²) in [5.41, 5.74) is 2.61. The van der Waals surface area contributed by atoms with Crippen molar-refractivity contribution in [2.75, 3.05) is 19.1 Å². The van der Waals surface area contributed by atoms with E-state index >= 15 is 0 Å². The minimum absolute atomic E-state index is 0.0213. The zero-order chi connectivity index (χ0) is 14.5. The van der Waals surface area contributed by atoms with E-state index in [1.54, 1.807) is 19.4 Å². The fourth-order valence-corrected chi connectivity index (χ4v) is 1.96. The Kier molecular flexibility index (Phi) is 4.35. The largest absolute Gasteiger partial charge is 0.497 e. The highest BCUT2D eigenvalue weighted by Gasteiger charge is 2.05. The summed E-state index contributed by atoms with van der Waals surface area (Å²) in [6.45, 7) is 2.26. The second kappa shape index (κ2) is 6.19. The van der Waals surface area contributed by atoms with Gasteiger partial charge in [-0.05, 0) is 29.8 Å². The number of anilines is 1. The Morgan fingerprint density at radius 1 is 1.30 bits per heavy atom. The zero-order valence-electron chi connectivity index (χ0n) is 12.0. The van der Waals surface area contributed by atoms with E-state index < -0.39 is 0 Å². The van der Waals surface area contributed by atoms with Crippen molar-refractivity contribution in [3.63, 3.8) is 0 Å². The van der Waals surface area contributed by atoms with Crippen molar-refractivity contribution >= 4 is 11.5 Å². The van der Waals surface area contributed by atoms with Crippen molar-refractivity contribution in [2.24, 2.45) is 0 Å². The maximum atomic E-state index is 11.2. The molecule has 0 atom stereocenters. The molecule has 4 heteroatoms. The van der Waals surface area contributed by atoms with Gasteiger partial charge in [-0.3, -0.25) is 9.78 Å². The van der Waals surface area contributed by atoms with E-state index in [4.69, 9.17) is 4.74 Å². The van der Waals surface area contributed by atoms with Gasteiger partial charge in [0.15, 0.2) is 5.78 Å². The number of carbonyl (C=O) groups excluding carboxylic acids is 1. The van der Waals surface area contributed by atoms with Gasteiger partial charge in [-0.1, -0.05) is 12.1 Å². The third-order valence-corrected chi connectivity index (χ3v) is 3.10. The summed E-state index contributed by atoms with van der Waals surface area (Å²) in [6, 6.07) is 11.6. The summed E-state index contributed by atoms with van der Waals surface area (Å²) in [7, 11) is 3.65. The molecule has 0 N–H and O–H groups in total. The maximum absolute atomic E-state index is 11.2. The van der Waals surface area contributed by atoms with Crippen LogP contribution in [0.25, 0.3) is 0 Å². The van der Waals surface area contributed by atoms with Crippen molar-refractivity contribution in [3.8, 4) is 5.75 Å². The lowest BCUT2D eigenvalue weighted by atomic mass is 10.2. The summed E-state index contributed by atoms with van der Waals surface area (Å²) >= 11 is 0. The molecular weight excluding hydrogens is 252 g/mol. The summed E-state index contributed by atoms with van der Waals surface area (Å²) in [5.74, 6) is 0.827. The smallest absolute Gasteiger partial charge is 0.178 e. The lowest BCUT2D eigenvalue weighted by Gasteiger charge is -2.19. The number of ether oxygens (including phenoxy) is 1. The minimum Gasteiger partial charge on any atom is -0.497 e. The number of hydrogen-bond donors (Lipinski definition) is 0. The van der Waals surface area contributed by atoms with Crippen molar-refractivity contribution < 1.29 is 9.53 Å². The molecule has 0 aliphatic rings. The highest BCUT2D eigenvalue weighted by Crippen LogP contribution is 2.18. The van der Waals surface area contributed by atoms with Gasteiger partial charge in [0, 0.05) is 20.5 Å². The number of hydrogen-bond acceptors (Lipinski definition) is 4. The van der Waals surface area contributed by atoms with Gasteiger partial charge in [0.1, 0.15) is 11.4 Å². The van der Waals surface area contributed by atoms with E-state index in [-0.39, 0.29) is 5.78 Å². The first-order valence-corrected chi connectivity index (χ1v) is 6.41. The number of ketones is 1. The summed E-state index contributed by atoms with van der Waals surface area (Å²) < 4.78 is 5.22. The van der Waals surface area contributed by atoms with Gasteiger partial charge in [-0.25, -0.2) is 0 Å². The van der Waals surface area contributed by atoms with Crippen LogP contribution in [0.15, 0.2) is 42.6 Å². The highest BCUT2D eigenvalue weighted by molar-refractivity contribution is 5.92. The first-order chi connectivity index (χ1) is 9.60. The molecular formula is C16H18N2O2. The van der Waals surface area contributed by atoms with Crippen LogP contribution in [0.4, 0.5) is 5.69 Å². The van der Waals surface area contributed by atoms with Crippen LogP contribution in [0.1, 0.15) is 23.0 Å². The summed E-state index contributed by atoms with van der Waals surface area (Å²) in [5, 5.41) is 0. The molecule has 1 aromatic heterocycles. The SMILES string of the molecule is COc1cccc(CN(C)c2ccc(C(C)=O)nc2)c1. The normalized spacial score (nSPS) is 10.2. The third-order valence-electron chi connectivity index (χ3n) is 3.10. The van der Waals surface area contributed by atoms with Gasteiger partial charge in [-0.15, -0.1) is 0 Å². The molecule has 1 heterocycles. The Bertz CT molecular complexity index is 594. The molecule has 0 saturated carbocycles. The molecule has 0 unspecified atom stereocenters. The van der Waals surface area contributed by atoms with Crippen molar-refractivity contribution in [2.45, 2.75) is 13.5 Å². The molecule has 0 aliphatic carbocycles. The van der Waals surface area contributed by atoms with Crippen molar-refractivity contribution in [1.29, 1.82) is 0 Å². The van der Waals surface area contributed by atoms with Crippen LogP contribution < -0.4 is 9.64 Å². The quantitative estimate of drug-likeness (QED) is 0.783. The fourth-order valence-electron chi connectivity index (χ4n) is 1.96. The van der Waals surface area contributed by atoms with E-state index in [2.05, 4.69) is 16.0 Å². The lowest BCUT2D eigenvalue weighted by Crippen LogP contribution is -2.16. The van der Waals surface area contributed by atoms with Gasteiger partial charge >= 0.3 is 0 Å². The Balaban J connectivity index is 2.10. The second-order valence-electron chi connectivity index (χ2n) is 4.67. The van der Waals surface area contributed by atoms with Crippen LogP contribution in [0.5, 0.6) is 5.75 Å². The molecule has 2 aromatic rings. The lowest BCUT2D eigenvalue weighted by molar-refractivity contribution is 0.101. The molecule has 104 valence electrons. The second-order valence-corrected chi connectivity index (χ2v) is 4.67. The molecule has 4 nitrogen and oxygen atoms in total. The van der Waals surface area contributed by atoms with Gasteiger partial charge in [0.2, 0.25) is 0 Å². The van der Waals surface area contributed by atoms with Crippen molar-refractivity contribution in [3.05, 3.63) is 53.9 Å². The van der Waals surface area contributed by atoms with Crippen LogP contribution >= 0.6 is 0 Å². The van der Waals surface area contributed by atoms with Gasteiger partial charge < -0.3 is 9.64 Å². The van der Waals surface area contributed by atoms with Crippen LogP contribution in [0.2, 0.25) is 0 Å². The summed E-state index contributed by atoms with van der Waals surface area (Å²) in [4.78, 5) is 17.4. The van der Waals surface area contributed by atoms with E-state index in [1.165, 1.54) is 6.92 Å². The fraction of sp³-hybridized carbons (Fsp3) is 0.250. The van der Waals surface area contributed by atoms with Gasteiger partial charge in [0.05, 0.1) is 19.0 Å². The Hall–Kier alpha value is -2.36. The molecule has 0 amide bonds. The minimum atomic E-state index is -0.0213. The number of benzene rings is 1. The van der Waals surface area contributed by atoms with Gasteiger partial charge in [-0.2, -0.15) is 0 Å². The molecule has 2 rings (SSSR count). The number of aromatic nitrogens is 1. The molecule has 0 spiro atoms. The van der Waals surface area contributed by atoms with E-state index in [1.807, 2.05) is 31.3 Å². The molecule has 0 aliphatic heterocycles. The maximum Gasteiger partial charge on any atom is 0.178 e. The molecule has 0 fully saturated rings. The van der Waals surface area contributed by atoms with E-state index in [0.29, 0.717) is 5.69 Å². The molecule has 0 radical (unpaired) electrons. The van der Waals surface area contributed by atoms with Crippen LogP contribution in [-0.4, -0.2) is 24.9 Å². The Labute approximate surface area is 119 Å². The molecule has 0 bridgehead atoms. The average Bonchev–Trinajstić information content (AvgIpc) is 2.47. The van der Waals surface area contributed by atoms with Crippen molar-refractivity contribution in [1.82, 2.24) is 4.98 Å². The molecule has 0 saturated heterocycles. The topological polar surface area (TPSA) is 42.4 Å². The summed E-state index contributed by atoms with van der Waals surface area (Å²) in [6.07, 6.45) is 1.72. The first kappa shape index (κ1) is 14.1. The molecule has 1 aromatic carbocycles. The molecule has 20 heavy (non-hydrogen) atoms. The highest BCUT2D eigenvalue weighted by atomic mass is 16.5. The van der Waals surface area contributed by atoms with Crippen LogP contribution in [0, 0.1) is 0 Å².